The molecule has 0 bridgehead atoms. The predicted molar refractivity (Wildman–Crippen MR) is 176 cm³/mol. The number of nitrogens with zero attached hydrogens (tertiary/aromatic N) is 1. The Morgan fingerprint density at radius 2 is 1.67 bits per heavy atom. The number of hydrogen-bond acceptors (Lipinski definition) is 7. The number of piperidine rings is 1. The molecule has 0 aromatic heterocycles. The molecule has 1 saturated heterocycles. The van der Waals surface area contributed by atoms with Gasteiger partial charge < -0.3 is 20.3 Å². The van der Waals surface area contributed by atoms with E-state index < -0.39 is 53.0 Å². The number of urea groups is 1. The molecule has 10 nitrogen and oxygen atoms in total. The van der Waals surface area contributed by atoms with Gasteiger partial charge in [-0.15, -0.1) is 6.58 Å². The van der Waals surface area contributed by atoms with Gasteiger partial charge in [0.2, 0.25) is 11.7 Å². The van der Waals surface area contributed by atoms with Crippen molar-refractivity contribution in [3.63, 3.8) is 0 Å². The van der Waals surface area contributed by atoms with Crippen LogP contribution in [0, 0.1) is 40.4 Å². The first-order valence-electron chi connectivity index (χ1n) is 17.1. The second-order valence-electron chi connectivity index (χ2n) is 15.8. The second-order valence-corrected chi connectivity index (χ2v) is 15.8. The highest BCUT2D eigenvalue weighted by Crippen LogP contribution is 2.65. The van der Waals surface area contributed by atoms with Crippen LogP contribution < -0.4 is 10.6 Å². The highest BCUT2D eigenvalue weighted by atomic mass is 16.5. The van der Waals surface area contributed by atoms with Crippen LogP contribution in [0.5, 0.6) is 0 Å². The van der Waals surface area contributed by atoms with Gasteiger partial charge in [0, 0.05) is 25.3 Å². The Morgan fingerprint density at radius 3 is 2.20 bits per heavy atom. The van der Waals surface area contributed by atoms with Crippen molar-refractivity contribution in [2.24, 2.45) is 40.4 Å². The third kappa shape index (κ3) is 8.65. The zero-order valence-electron chi connectivity index (χ0n) is 29.4. The van der Waals surface area contributed by atoms with Gasteiger partial charge in [-0.1, -0.05) is 67.9 Å². The third-order valence-corrected chi connectivity index (χ3v) is 10.3. The highest BCUT2D eigenvalue weighted by Gasteiger charge is 2.69. The standard InChI is InChI=1S/C36H57N3O7/c1-11-13-15-25(40)30(42)23(14-12-2)18-26(41)29-27-24(36(27,9)10)19-39(29)32(43)31(35(6,7)8)38-34(45)37-28(20(3)4)33(44)46-21(5)22-16-17-22/h11,20-24,27-29,31H,1,12-19H2,2-10H3,(H2,37,38,45)/t21?,23?,24-,27-,28-,29+,31+/m0/s1. The quantitative estimate of drug-likeness (QED) is 0.129. The summed E-state index contributed by atoms with van der Waals surface area (Å²) in [6, 6.07) is -3.30. The topological polar surface area (TPSA) is 139 Å². The summed E-state index contributed by atoms with van der Waals surface area (Å²) in [5.74, 6) is -2.71. The van der Waals surface area contributed by atoms with Crippen LogP contribution in [-0.2, 0) is 28.7 Å². The molecule has 3 rings (SSSR count). The van der Waals surface area contributed by atoms with Crippen LogP contribution in [0.4, 0.5) is 4.79 Å². The number of likely N-dealkylation sites (tertiary alicyclic amines) is 1. The van der Waals surface area contributed by atoms with Crippen LogP contribution in [0.15, 0.2) is 12.7 Å². The Kier molecular flexibility index (Phi) is 12.0. The van der Waals surface area contributed by atoms with E-state index in [-0.39, 0.29) is 53.8 Å². The van der Waals surface area contributed by atoms with Gasteiger partial charge in [-0.25, -0.2) is 9.59 Å². The van der Waals surface area contributed by atoms with Crippen molar-refractivity contribution >= 4 is 35.3 Å². The molecule has 0 radical (unpaired) electrons. The lowest BCUT2D eigenvalue weighted by Crippen LogP contribution is -2.61. The van der Waals surface area contributed by atoms with E-state index in [1.807, 2.05) is 48.5 Å². The first kappa shape index (κ1) is 37.4. The molecule has 0 aromatic carbocycles. The summed E-state index contributed by atoms with van der Waals surface area (Å²) in [4.78, 5) is 81.8. The van der Waals surface area contributed by atoms with Crippen molar-refractivity contribution < 1.29 is 33.5 Å². The van der Waals surface area contributed by atoms with Crippen molar-refractivity contribution in [1.29, 1.82) is 0 Å². The summed E-state index contributed by atoms with van der Waals surface area (Å²) in [6.07, 6.45) is 4.82. The van der Waals surface area contributed by atoms with Crippen LogP contribution >= 0.6 is 0 Å². The number of carbonyl (C=O) groups is 6. The predicted octanol–water partition coefficient (Wildman–Crippen LogP) is 5.03. The molecule has 2 unspecified atom stereocenters. The van der Waals surface area contributed by atoms with Crippen molar-refractivity contribution in [3.8, 4) is 0 Å². The summed E-state index contributed by atoms with van der Waals surface area (Å²) in [5.41, 5.74) is -0.872. The van der Waals surface area contributed by atoms with Crippen LogP contribution in [0.3, 0.4) is 0 Å². The lowest BCUT2D eigenvalue weighted by Gasteiger charge is -2.38. The number of Topliss-reactive ketones (excluding diaryl/α,β-unsaturated/α-hetero) is 3. The van der Waals surface area contributed by atoms with E-state index >= 15 is 0 Å². The average Bonchev–Trinajstić information content (AvgIpc) is 3.85. The van der Waals surface area contributed by atoms with E-state index in [2.05, 4.69) is 31.1 Å². The minimum atomic E-state index is -0.994. The number of hydrogen-bond donors (Lipinski definition) is 2. The molecule has 3 amide bonds. The molecule has 1 aliphatic heterocycles. The van der Waals surface area contributed by atoms with E-state index in [1.54, 1.807) is 11.0 Å². The van der Waals surface area contributed by atoms with Crippen LogP contribution in [-0.4, -0.2) is 70.9 Å². The van der Waals surface area contributed by atoms with E-state index in [9.17, 15) is 28.8 Å². The number of ether oxygens (including phenoxy) is 1. The first-order valence-corrected chi connectivity index (χ1v) is 17.1. The maximum atomic E-state index is 14.3. The lowest BCUT2D eigenvalue weighted by atomic mass is 9.84. The molecule has 2 saturated carbocycles. The maximum Gasteiger partial charge on any atom is 0.329 e. The summed E-state index contributed by atoms with van der Waals surface area (Å²) in [7, 11) is 0. The largest absolute Gasteiger partial charge is 0.461 e. The molecule has 2 N–H and O–H groups in total. The molecule has 0 spiro atoms. The van der Waals surface area contributed by atoms with Crippen molar-refractivity contribution in [2.45, 2.75) is 131 Å². The smallest absolute Gasteiger partial charge is 0.329 e. The number of ketones is 3. The summed E-state index contributed by atoms with van der Waals surface area (Å²) in [5, 5.41) is 5.55. The van der Waals surface area contributed by atoms with Gasteiger partial charge in [0.15, 0.2) is 11.6 Å². The molecule has 2 aliphatic carbocycles. The second kappa shape index (κ2) is 14.8. The fourth-order valence-corrected chi connectivity index (χ4v) is 7.05. The molecule has 10 heteroatoms. The van der Waals surface area contributed by atoms with E-state index in [0.717, 1.165) is 12.8 Å². The van der Waals surface area contributed by atoms with Gasteiger partial charge in [0.1, 0.15) is 18.2 Å². The molecular weight excluding hydrogens is 586 g/mol. The van der Waals surface area contributed by atoms with Crippen molar-refractivity contribution in [1.82, 2.24) is 15.5 Å². The number of carbonyl (C=O) groups excluding carboxylic acids is 6. The zero-order valence-corrected chi connectivity index (χ0v) is 29.4. The fourth-order valence-electron chi connectivity index (χ4n) is 7.05. The Labute approximate surface area is 275 Å². The zero-order chi connectivity index (χ0) is 34.7. The Bertz CT molecular complexity index is 1200. The third-order valence-electron chi connectivity index (χ3n) is 10.3. The van der Waals surface area contributed by atoms with Gasteiger partial charge >= 0.3 is 12.0 Å². The monoisotopic (exact) mass is 643 g/mol. The minimum Gasteiger partial charge on any atom is -0.461 e. The first-order chi connectivity index (χ1) is 21.4. The molecule has 46 heavy (non-hydrogen) atoms. The molecular formula is C36H57N3O7. The van der Waals surface area contributed by atoms with E-state index in [4.69, 9.17) is 4.74 Å². The Morgan fingerprint density at radius 1 is 1.04 bits per heavy atom. The number of esters is 1. The number of fused-ring (bicyclic) bond motifs is 1. The molecule has 3 fully saturated rings. The highest BCUT2D eigenvalue weighted by molar-refractivity contribution is 6.38. The van der Waals surface area contributed by atoms with Gasteiger partial charge in [-0.05, 0) is 67.1 Å². The summed E-state index contributed by atoms with van der Waals surface area (Å²) in [6.45, 7) is 21.1. The number of rotatable bonds is 17. The van der Waals surface area contributed by atoms with Crippen LogP contribution in [0.2, 0.25) is 0 Å². The average molecular weight is 644 g/mol. The summed E-state index contributed by atoms with van der Waals surface area (Å²) >= 11 is 0. The maximum absolute atomic E-state index is 14.3. The van der Waals surface area contributed by atoms with Gasteiger partial charge in [0.05, 0.1) is 6.04 Å². The summed E-state index contributed by atoms with van der Waals surface area (Å²) < 4.78 is 5.63. The minimum absolute atomic E-state index is 0.0679. The number of nitrogens with one attached hydrogen (secondary N) is 2. The number of amides is 3. The Balaban J connectivity index is 1.78. The van der Waals surface area contributed by atoms with Gasteiger partial charge in [-0.3, -0.25) is 19.2 Å². The molecule has 258 valence electrons. The van der Waals surface area contributed by atoms with Crippen LogP contribution in [0.25, 0.3) is 0 Å². The van der Waals surface area contributed by atoms with Crippen molar-refractivity contribution in [2.75, 3.05) is 6.54 Å². The number of allylic oxidation sites excluding steroid dienone is 1. The molecule has 3 aliphatic rings. The fraction of sp³-hybridized carbons (Fsp3) is 0.778. The molecule has 7 atom stereocenters. The lowest BCUT2D eigenvalue weighted by molar-refractivity contribution is -0.152. The SMILES string of the molecule is C=CCCC(=O)C(=O)C(CCC)CC(=O)[C@@H]1[C@@H]2[C@H](CN1C(=O)[C@@H](NC(=O)N[C@H](C(=O)OC(C)C1CC1)C(C)C)C(C)(C)C)C2(C)C. The Hall–Kier alpha value is -3.04. The van der Waals surface area contributed by atoms with E-state index in [0.29, 0.717) is 31.7 Å². The van der Waals surface area contributed by atoms with Gasteiger partial charge in [0.25, 0.3) is 0 Å². The van der Waals surface area contributed by atoms with E-state index in [1.165, 1.54) is 0 Å². The van der Waals surface area contributed by atoms with Crippen LogP contribution in [0.1, 0.15) is 107 Å². The normalized spacial score (nSPS) is 24.2. The van der Waals surface area contributed by atoms with Gasteiger partial charge in [-0.2, -0.15) is 0 Å². The molecule has 0 aromatic rings. The molecule has 1 heterocycles. The van der Waals surface area contributed by atoms with Crippen molar-refractivity contribution in [3.05, 3.63) is 12.7 Å².